The maximum absolute atomic E-state index is 12.5. The fraction of sp³-hybridized carbons (Fsp3) is 0.235. The Balaban J connectivity index is 2.13. The average Bonchev–Trinajstić information content (AvgIpc) is 3.02. The number of fused-ring (bicyclic) bond motifs is 1. The number of aromatic amines is 1. The summed E-state index contributed by atoms with van der Waals surface area (Å²) in [5, 5.41) is 10.6. The number of nitrogens with zero attached hydrogens (tertiary/aromatic N) is 3. The van der Waals surface area contributed by atoms with Gasteiger partial charge in [-0.05, 0) is 19.4 Å². The van der Waals surface area contributed by atoms with E-state index in [2.05, 4.69) is 19.7 Å². The molecule has 0 aliphatic heterocycles. The molecule has 0 saturated carbocycles. The van der Waals surface area contributed by atoms with Crippen molar-refractivity contribution in [2.24, 2.45) is 0 Å². The first kappa shape index (κ1) is 18.9. The van der Waals surface area contributed by atoms with Gasteiger partial charge in [-0.3, -0.25) is 0 Å². The lowest BCUT2D eigenvalue weighted by Crippen LogP contribution is -2.20. The van der Waals surface area contributed by atoms with Crippen LogP contribution < -0.4 is 10.0 Å². The van der Waals surface area contributed by atoms with Crippen LogP contribution in [0.3, 0.4) is 0 Å². The van der Waals surface area contributed by atoms with Gasteiger partial charge in [0.1, 0.15) is 13.2 Å². The molecule has 3 aromatic rings. The number of para-hydroxylation sites is 1. The predicted molar refractivity (Wildman–Crippen MR) is 94.7 cm³/mol. The van der Waals surface area contributed by atoms with Crippen molar-refractivity contribution in [3.05, 3.63) is 36.2 Å². The van der Waals surface area contributed by atoms with Crippen LogP contribution >= 0.6 is 7.14 Å². The molecule has 3 rings (SSSR count). The molecule has 6 nitrogen and oxygen atoms in total. The predicted octanol–water partition coefficient (Wildman–Crippen LogP) is 3.69. The number of benzene rings is 1. The second-order valence-corrected chi connectivity index (χ2v) is 9.37. The minimum atomic E-state index is -4.53. The molecule has 140 valence electrons. The van der Waals surface area contributed by atoms with Crippen LogP contribution in [0.2, 0.25) is 0 Å². The first-order valence-corrected chi connectivity index (χ1v) is 10.3. The van der Waals surface area contributed by atoms with E-state index in [0.29, 0.717) is 21.8 Å². The summed E-state index contributed by atoms with van der Waals surface area (Å²) in [7, 11) is -2.58. The van der Waals surface area contributed by atoms with Crippen molar-refractivity contribution >= 4 is 23.3 Å². The van der Waals surface area contributed by atoms with Gasteiger partial charge in [0, 0.05) is 22.5 Å². The lowest BCUT2D eigenvalue weighted by atomic mass is 10.1. The zero-order chi connectivity index (χ0) is 19.8. The number of nitriles is 1. The number of rotatable bonds is 4. The van der Waals surface area contributed by atoms with Gasteiger partial charge in [-0.2, -0.15) is 23.4 Å². The van der Waals surface area contributed by atoms with Crippen LogP contribution in [0.15, 0.2) is 30.6 Å². The number of hydrogen-bond acceptors (Lipinski definition) is 5. The highest BCUT2D eigenvalue weighted by Crippen LogP contribution is 2.39. The summed E-state index contributed by atoms with van der Waals surface area (Å²) in [6, 6.07) is 6.66. The molecule has 1 N–H and O–H groups in total. The van der Waals surface area contributed by atoms with Crippen LogP contribution in [0.4, 0.5) is 13.2 Å². The summed E-state index contributed by atoms with van der Waals surface area (Å²) < 4.78 is 54.2. The van der Waals surface area contributed by atoms with Crippen LogP contribution in [-0.2, 0) is 4.57 Å². The molecular formula is C17H14F3N4O2P. The van der Waals surface area contributed by atoms with Crippen molar-refractivity contribution in [1.82, 2.24) is 15.0 Å². The summed E-state index contributed by atoms with van der Waals surface area (Å²) in [4.78, 5) is 10.7. The first-order valence-electron chi connectivity index (χ1n) is 7.73. The lowest BCUT2D eigenvalue weighted by molar-refractivity contribution is -0.154. The molecule has 2 aromatic heterocycles. The zero-order valence-corrected chi connectivity index (χ0v) is 15.2. The van der Waals surface area contributed by atoms with Crippen LogP contribution in [0.5, 0.6) is 6.01 Å². The van der Waals surface area contributed by atoms with Crippen molar-refractivity contribution in [3.63, 3.8) is 0 Å². The van der Waals surface area contributed by atoms with E-state index in [9.17, 15) is 23.0 Å². The molecular weight excluding hydrogens is 380 g/mol. The standard InChI is InChI=1S/C17H14F3N4O2P/c1-27(2,25)13-5-3-4-11-12(8-22-15(11)13)14-10(6-21)7-23-16(24-14)26-9-17(18,19)20/h3-5,7-8,22H,9H2,1-2H3. The van der Waals surface area contributed by atoms with E-state index in [4.69, 9.17) is 0 Å². The van der Waals surface area contributed by atoms with Crippen LogP contribution in [-0.4, -0.2) is 41.1 Å². The Kier molecular flexibility index (Phi) is 4.70. The molecule has 10 heteroatoms. The molecule has 0 fully saturated rings. The van der Waals surface area contributed by atoms with Gasteiger partial charge in [0.2, 0.25) is 0 Å². The molecule has 0 aliphatic carbocycles. The number of alkyl halides is 3. The first-order chi connectivity index (χ1) is 12.6. The maximum Gasteiger partial charge on any atom is 0.422 e. The van der Waals surface area contributed by atoms with Crippen LogP contribution in [0.1, 0.15) is 5.56 Å². The smallest absolute Gasteiger partial charge is 0.422 e. The van der Waals surface area contributed by atoms with Crippen LogP contribution in [0, 0.1) is 11.3 Å². The summed E-state index contributed by atoms with van der Waals surface area (Å²) in [5.74, 6) is 0. The third kappa shape index (κ3) is 3.96. The number of halogens is 3. The van der Waals surface area contributed by atoms with Gasteiger partial charge in [-0.15, -0.1) is 0 Å². The van der Waals surface area contributed by atoms with Gasteiger partial charge in [0.25, 0.3) is 0 Å². The van der Waals surface area contributed by atoms with Gasteiger partial charge in [-0.1, -0.05) is 12.1 Å². The number of nitrogens with one attached hydrogen (secondary N) is 1. The molecule has 0 unspecified atom stereocenters. The Bertz CT molecular complexity index is 1100. The Hall–Kier alpha value is -2.85. The molecule has 0 saturated heterocycles. The van der Waals surface area contributed by atoms with E-state index in [1.807, 2.05) is 6.07 Å². The van der Waals surface area contributed by atoms with Crippen molar-refractivity contribution in [2.45, 2.75) is 6.18 Å². The Morgan fingerprint density at radius 2 is 2.07 bits per heavy atom. The minimum Gasteiger partial charge on any atom is -0.454 e. The molecule has 0 aliphatic rings. The minimum absolute atomic E-state index is 0.0804. The van der Waals surface area contributed by atoms with E-state index >= 15 is 0 Å². The van der Waals surface area contributed by atoms with Gasteiger partial charge in [0.15, 0.2) is 6.61 Å². The third-order valence-corrected chi connectivity index (χ3v) is 5.31. The highest BCUT2D eigenvalue weighted by molar-refractivity contribution is 7.70. The average molecular weight is 394 g/mol. The normalized spacial score (nSPS) is 12.1. The molecule has 0 spiro atoms. The molecule has 27 heavy (non-hydrogen) atoms. The quantitative estimate of drug-likeness (QED) is 0.682. The largest absolute Gasteiger partial charge is 0.454 e. The molecule has 0 amide bonds. The molecule has 2 heterocycles. The highest BCUT2D eigenvalue weighted by atomic mass is 31.2. The second-order valence-electron chi connectivity index (χ2n) is 6.18. The van der Waals surface area contributed by atoms with E-state index in [0.717, 1.165) is 6.20 Å². The van der Waals surface area contributed by atoms with Crippen molar-refractivity contribution in [3.8, 4) is 23.3 Å². The second kappa shape index (κ2) is 6.71. The third-order valence-electron chi connectivity index (χ3n) is 3.78. The number of H-pyrrole nitrogens is 1. The summed E-state index contributed by atoms with van der Waals surface area (Å²) in [5.41, 5.74) is 1.32. The van der Waals surface area contributed by atoms with Gasteiger partial charge in [0.05, 0.1) is 23.0 Å². The van der Waals surface area contributed by atoms with E-state index < -0.39 is 25.9 Å². The molecule has 0 atom stereocenters. The van der Waals surface area contributed by atoms with Crippen molar-refractivity contribution in [1.29, 1.82) is 5.26 Å². The molecule has 1 aromatic carbocycles. The lowest BCUT2D eigenvalue weighted by Gasteiger charge is -2.10. The SMILES string of the molecule is CP(C)(=O)c1cccc2c(-c3nc(OCC(F)(F)F)ncc3C#N)c[nH]c12. The summed E-state index contributed by atoms with van der Waals surface area (Å²) in [6.07, 6.45) is -1.85. The Morgan fingerprint density at radius 3 is 2.70 bits per heavy atom. The highest BCUT2D eigenvalue weighted by Gasteiger charge is 2.29. The topological polar surface area (TPSA) is 91.7 Å². The summed E-state index contributed by atoms with van der Waals surface area (Å²) >= 11 is 0. The Morgan fingerprint density at radius 1 is 1.33 bits per heavy atom. The maximum atomic E-state index is 12.5. The van der Waals surface area contributed by atoms with Gasteiger partial charge in [-0.25, -0.2) is 4.98 Å². The summed E-state index contributed by atoms with van der Waals surface area (Å²) in [6.45, 7) is 1.73. The van der Waals surface area contributed by atoms with Crippen LogP contribution in [0.25, 0.3) is 22.2 Å². The molecule has 0 radical (unpaired) electrons. The van der Waals surface area contributed by atoms with Gasteiger partial charge >= 0.3 is 12.2 Å². The molecule has 0 bridgehead atoms. The number of hydrogen-bond donors (Lipinski definition) is 1. The number of aromatic nitrogens is 3. The fourth-order valence-corrected chi connectivity index (χ4v) is 3.82. The van der Waals surface area contributed by atoms with Crippen molar-refractivity contribution < 1.29 is 22.5 Å². The van der Waals surface area contributed by atoms with E-state index in [1.165, 1.54) is 0 Å². The zero-order valence-electron chi connectivity index (χ0n) is 14.3. The van der Waals surface area contributed by atoms with E-state index in [1.54, 1.807) is 37.7 Å². The van der Waals surface area contributed by atoms with E-state index in [-0.39, 0.29) is 11.3 Å². The van der Waals surface area contributed by atoms with Gasteiger partial charge < -0.3 is 14.3 Å². The number of ether oxygens (including phenoxy) is 1. The van der Waals surface area contributed by atoms with Crippen molar-refractivity contribution in [2.75, 3.05) is 19.9 Å². The monoisotopic (exact) mass is 394 g/mol. The Labute approximate surface area is 152 Å². The fourth-order valence-electron chi connectivity index (χ4n) is 2.65.